The van der Waals surface area contributed by atoms with E-state index < -0.39 is 35.5 Å². The van der Waals surface area contributed by atoms with Gasteiger partial charge in [0.2, 0.25) is 23.5 Å². The van der Waals surface area contributed by atoms with E-state index in [1.807, 2.05) is 20.8 Å². The van der Waals surface area contributed by atoms with E-state index >= 15 is 0 Å². The van der Waals surface area contributed by atoms with Crippen LogP contribution in [0.25, 0.3) is 0 Å². The number of allylic oxidation sites excluding steroid dienone is 1. The van der Waals surface area contributed by atoms with Crippen LogP contribution < -0.4 is 21.7 Å². The average Bonchev–Trinajstić information content (AvgIpc) is 3.28. The zero-order valence-electron chi connectivity index (χ0n) is 31.0. The predicted molar refractivity (Wildman–Crippen MR) is 192 cm³/mol. The Kier molecular flexibility index (Phi) is 8.89. The van der Waals surface area contributed by atoms with E-state index in [1.165, 1.54) is 6.20 Å². The Morgan fingerprint density at radius 3 is 2.29 bits per heavy atom. The summed E-state index contributed by atoms with van der Waals surface area (Å²) in [4.78, 5) is 76.0. The molecule has 2 unspecified atom stereocenters. The Labute approximate surface area is 301 Å². The molecule has 4 amide bonds. The largest absolute Gasteiger partial charge is 0.396 e. The van der Waals surface area contributed by atoms with Gasteiger partial charge in [-0.15, -0.1) is 0 Å². The Morgan fingerprint density at radius 1 is 1.00 bits per heavy atom. The van der Waals surface area contributed by atoms with Crippen molar-refractivity contribution >= 4 is 29.4 Å². The molecule has 0 radical (unpaired) electrons. The number of hydrogen-bond acceptors (Lipinski definition) is 7. The van der Waals surface area contributed by atoms with E-state index in [1.54, 1.807) is 23.2 Å². The molecule has 1 aromatic rings. The molecule has 1 aromatic heterocycles. The first-order chi connectivity index (χ1) is 24.1. The summed E-state index contributed by atoms with van der Waals surface area (Å²) < 4.78 is 0. The Bertz CT molecular complexity index is 1640. The number of aromatic nitrogens is 1. The van der Waals surface area contributed by atoms with Gasteiger partial charge in [-0.05, 0) is 97.2 Å². The van der Waals surface area contributed by atoms with E-state index in [4.69, 9.17) is 5.73 Å². The highest BCUT2D eigenvalue weighted by molar-refractivity contribution is 6.03. The van der Waals surface area contributed by atoms with Crippen LogP contribution in [0.3, 0.4) is 0 Å². The first-order valence-electron chi connectivity index (χ1n) is 19.3. The number of carbonyl (C=O) groups is 5. The van der Waals surface area contributed by atoms with Crippen molar-refractivity contribution < 1.29 is 24.0 Å². The van der Waals surface area contributed by atoms with Gasteiger partial charge < -0.3 is 26.6 Å². The van der Waals surface area contributed by atoms with Crippen LogP contribution in [0.15, 0.2) is 35.8 Å². The van der Waals surface area contributed by atoms with Gasteiger partial charge in [0.25, 0.3) is 5.91 Å². The van der Waals surface area contributed by atoms with Crippen LogP contribution in [-0.2, 0) is 19.2 Å². The molecule has 0 aromatic carbocycles. The molecular weight excluding hydrogens is 644 g/mol. The number of nitrogens with zero attached hydrogens (tertiary/aromatic N) is 2. The van der Waals surface area contributed by atoms with E-state index in [2.05, 4.69) is 34.8 Å². The zero-order valence-corrected chi connectivity index (χ0v) is 31.0. The van der Waals surface area contributed by atoms with Gasteiger partial charge in [-0.3, -0.25) is 29.0 Å². The van der Waals surface area contributed by atoms with Crippen molar-refractivity contribution in [3.63, 3.8) is 0 Å². The van der Waals surface area contributed by atoms with Crippen molar-refractivity contribution in [2.24, 2.45) is 39.2 Å². The van der Waals surface area contributed by atoms with Crippen molar-refractivity contribution in [2.75, 3.05) is 6.54 Å². The molecule has 0 bridgehead atoms. The number of hydrogen-bond donors (Lipinski definition) is 4. The molecule has 2 heterocycles. The molecule has 7 rings (SSSR count). The molecule has 51 heavy (non-hydrogen) atoms. The second-order valence-corrected chi connectivity index (χ2v) is 18.1. The van der Waals surface area contributed by atoms with Crippen molar-refractivity contribution in [3.05, 3.63) is 41.4 Å². The van der Waals surface area contributed by atoms with E-state index in [0.29, 0.717) is 24.9 Å². The lowest BCUT2D eigenvalue weighted by atomic mass is 9.69. The molecule has 11 nitrogen and oxygen atoms in total. The minimum atomic E-state index is -0.955. The number of ketones is 1. The lowest BCUT2D eigenvalue weighted by molar-refractivity contribution is -0.144. The first kappa shape index (κ1) is 35.6. The molecule has 6 atom stereocenters. The number of likely N-dealkylation sites (tertiary alicyclic amines) is 1. The highest BCUT2D eigenvalue weighted by Gasteiger charge is 2.85. The van der Waals surface area contributed by atoms with Gasteiger partial charge in [0.15, 0.2) is 0 Å². The molecule has 5 aliphatic carbocycles. The highest BCUT2D eigenvalue weighted by atomic mass is 16.2. The quantitative estimate of drug-likeness (QED) is 0.316. The average molecular weight is 701 g/mol. The third kappa shape index (κ3) is 5.68. The summed E-state index contributed by atoms with van der Waals surface area (Å²) in [5.74, 6) is -1.48. The summed E-state index contributed by atoms with van der Waals surface area (Å²) in [5.41, 5.74) is 6.99. The fourth-order valence-electron chi connectivity index (χ4n) is 10.9. The SMILES string of the molecule is CC(C)(C)[C@H](NC(=O)[C@@H](NC(=O)c1cccnc1)C1CCCCC1)C(=O)N1C[C@]2(C[C@H]1C(=O)NC1CC3CCC3=C(N)C1=O)C(C)(C)C21CCC1. The summed E-state index contributed by atoms with van der Waals surface area (Å²) in [6, 6.07) is 0.0834. The molecule has 1 aliphatic heterocycles. The number of amides is 4. The molecular formula is C40H56N6O5. The number of rotatable bonds is 8. The lowest BCUT2D eigenvalue weighted by Crippen LogP contribution is -2.62. The van der Waals surface area contributed by atoms with E-state index in [9.17, 15) is 24.0 Å². The third-order valence-electron chi connectivity index (χ3n) is 14.4. The van der Waals surface area contributed by atoms with Gasteiger partial charge >= 0.3 is 0 Å². The minimum absolute atomic E-state index is 0.0520. The molecule has 5 N–H and O–H groups in total. The van der Waals surface area contributed by atoms with Crippen molar-refractivity contribution in [1.29, 1.82) is 0 Å². The van der Waals surface area contributed by atoms with Crippen molar-refractivity contribution in [3.8, 4) is 0 Å². The Balaban J connectivity index is 1.15. The Morgan fingerprint density at radius 2 is 1.73 bits per heavy atom. The highest BCUT2D eigenvalue weighted by Crippen LogP contribution is 2.88. The molecule has 276 valence electrons. The van der Waals surface area contributed by atoms with Crippen LogP contribution in [0, 0.1) is 33.5 Å². The monoisotopic (exact) mass is 700 g/mol. The number of fused-ring (bicyclic) bond motifs is 2. The smallest absolute Gasteiger partial charge is 0.253 e. The van der Waals surface area contributed by atoms with Crippen LogP contribution in [-0.4, -0.2) is 70.0 Å². The van der Waals surface area contributed by atoms with Crippen LogP contribution in [0.4, 0.5) is 0 Å². The Hall–Kier alpha value is -3.76. The second-order valence-electron chi connectivity index (χ2n) is 18.1. The molecule has 5 fully saturated rings. The standard InChI is InChI=1S/C40H56N6O5/c1-37(2,3)32(45-35(50)30(23-11-7-6-8-12-23)44-33(48)25-13-9-18-42-21-25)36(51)46-22-40(38(4,5)39(40)16-10-17-39)20-28(46)34(49)43-27-19-24-14-15-26(24)29(41)31(27)47/h9,13,18,21,23-24,27-28,30,32H,6-8,10-12,14-17,19-20,22,41H2,1-5H3,(H,43,49)(H,44,48)(H,45,50)/t24?,27?,28-,30-,32+,40+/m0/s1. The first-order valence-corrected chi connectivity index (χ1v) is 19.3. The number of Topliss-reactive ketones (excluding diaryl/α,β-unsaturated/α-hetero) is 1. The van der Waals surface area contributed by atoms with Crippen LogP contribution in [0.2, 0.25) is 0 Å². The van der Waals surface area contributed by atoms with Crippen LogP contribution in [0.1, 0.15) is 122 Å². The normalized spacial score (nSPS) is 30.5. The summed E-state index contributed by atoms with van der Waals surface area (Å²) in [5, 5.41) is 9.15. The third-order valence-corrected chi connectivity index (χ3v) is 14.4. The fourth-order valence-corrected chi connectivity index (χ4v) is 10.9. The lowest BCUT2D eigenvalue weighted by Gasteiger charge is -2.39. The molecule has 2 spiro atoms. The van der Waals surface area contributed by atoms with Gasteiger partial charge in [-0.2, -0.15) is 0 Å². The van der Waals surface area contributed by atoms with Gasteiger partial charge in [0.1, 0.15) is 18.1 Å². The van der Waals surface area contributed by atoms with Gasteiger partial charge in [-0.25, -0.2) is 0 Å². The fraction of sp³-hybridized carbons (Fsp3) is 0.700. The number of nitrogens with one attached hydrogen (secondary N) is 3. The maximum Gasteiger partial charge on any atom is 0.253 e. The van der Waals surface area contributed by atoms with E-state index in [-0.39, 0.29) is 57.3 Å². The van der Waals surface area contributed by atoms with E-state index in [0.717, 1.165) is 69.8 Å². The zero-order chi connectivity index (χ0) is 36.5. The number of pyridine rings is 1. The second kappa shape index (κ2) is 12.7. The van der Waals surface area contributed by atoms with Crippen LogP contribution in [0.5, 0.6) is 0 Å². The van der Waals surface area contributed by atoms with Crippen molar-refractivity contribution in [1.82, 2.24) is 25.8 Å². The predicted octanol–water partition coefficient (Wildman–Crippen LogP) is 4.17. The molecule has 11 heteroatoms. The topological polar surface area (TPSA) is 164 Å². The number of nitrogens with two attached hydrogens (primary N) is 1. The van der Waals surface area contributed by atoms with Gasteiger partial charge in [-0.1, -0.05) is 60.3 Å². The maximum atomic E-state index is 15.0. The number of carbonyl (C=O) groups excluding carboxylic acids is 5. The minimum Gasteiger partial charge on any atom is -0.396 e. The van der Waals surface area contributed by atoms with Gasteiger partial charge in [0, 0.05) is 24.4 Å². The molecule has 4 saturated carbocycles. The van der Waals surface area contributed by atoms with Crippen LogP contribution >= 0.6 is 0 Å². The summed E-state index contributed by atoms with van der Waals surface area (Å²) in [6.07, 6.45) is 13.8. The molecule has 1 saturated heterocycles. The summed E-state index contributed by atoms with van der Waals surface area (Å²) >= 11 is 0. The maximum absolute atomic E-state index is 15.0. The summed E-state index contributed by atoms with van der Waals surface area (Å²) in [6.45, 7) is 10.7. The summed E-state index contributed by atoms with van der Waals surface area (Å²) in [7, 11) is 0. The van der Waals surface area contributed by atoms with Crippen molar-refractivity contribution in [2.45, 2.75) is 136 Å². The molecule has 6 aliphatic rings. The van der Waals surface area contributed by atoms with Gasteiger partial charge in [0.05, 0.1) is 17.3 Å².